The van der Waals surface area contributed by atoms with Crippen LogP contribution in [0.3, 0.4) is 0 Å². The van der Waals surface area contributed by atoms with Crippen LogP contribution >= 0.6 is 12.6 Å². The summed E-state index contributed by atoms with van der Waals surface area (Å²) in [4.78, 5) is 20.2. The third kappa shape index (κ3) is 1.40. The van der Waals surface area contributed by atoms with Crippen molar-refractivity contribution in [3.05, 3.63) is 33.9 Å². The molecule has 1 rings (SSSR count). The minimum atomic E-state index is -0.647. The number of nitro benzene ring substituents is 1. The van der Waals surface area contributed by atoms with Crippen LogP contribution in [0.25, 0.3) is 0 Å². The minimum absolute atomic E-state index is 0.0208. The van der Waals surface area contributed by atoms with Crippen molar-refractivity contribution in [2.75, 3.05) is 0 Å². The number of benzene rings is 1. The van der Waals surface area contributed by atoms with Gasteiger partial charge in [-0.2, -0.15) is 0 Å². The van der Waals surface area contributed by atoms with Gasteiger partial charge in [0.25, 0.3) is 5.69 Å². The number of hydrogen-bond donors (Lipinski definition) is 0. The number of rotatable bonds is 2. The molecule has 0 aliphatic heterocycles. The van der Waals surface area contributed by atoms with Gasteiger partial charge in [-0.1, -0.05) is 18.7 Å². The van der Waals surface area contributed by atoms with Gasteiger partial charge in [0.15, 0.2) is 6.29 Å². The monoisotopic (exact) mass is 182 g/mol. The third-order valence-electron chi connectivity index (χ3n) is 1.34. The van der Waals surface area contributed by atoms with Crippen molar-refractivity contribution in [2.24, 2.45) is 0 Å². The zero-order valence-electron chi connectivity index (χ0n) is 5.89. The normalized spacial score (nSPS) is 9.33. The van der Waals surface area contributed by atoms with E-state index in [4.69, 9.17) is 0 Å². The van der Waals surface area contributed by atoms with Crippen molar-refractivity contribution in [3.63, 3.8) is 0 Å². The molecule has 1 aromatic carbocycles. The van der Waals surface area contributed by atoms with Crippen molar-refractivity contribution < 1.29 is 9.72 Å². The Labute approximate surface area is 73.8 Å². The lowest BCUT2D eigenvalue weighted by atomic mass is 10.2. The highest BCUT2D eigenvalue weighted by atomic mass is 32.1. The lowest BCUT2D eigenvalue weighted by Gasteiger charge is -1.96. The molecular formula is C7H4NO3S. The fourth-order valence-corrected chi connectivity index (χ4v) is 1.10. The number of para-hydroxylation sites is 1. The molecule has 0 spiro atoms. The maximum atomic E-state index is 10.4. The average molecular weight is 182 g/mol. The number of aldehydes is 1. The van der Waals surface area contributed by atoms with Gasteiger partial charge in [-0.3, -0.25) is 14.9 Å². The maximum absolute atomic E-state index is 10.4. The first-order valence-electron chi connectivity index (χ1n) is 3.06. The van der Waals surface area contributed by atoms with E-state index in [-0.39, 0.29) is 16.1 Å². The molecule has 4 nitrogen and oxygen atoms in total. The molecule has 5 heteroatoms. The topological polar surface area (TPSA) is 60.2 Å². The summed E-state index contributed by atoms with van der Waals surface area (Å²) in [6, 6.07) is 4.29. The Hall–Kier alpha value is -1.49. The predicted molar refractivity (Wildman–Crippen MR) is 44.3 cm³/mol. The molecule has 0 aliphatic rings. The largest absolute Gasteiger partial charge is 0.298 e. The first-order valence-corrected chi connectivity index (χ1v) is 3.47. The van der Waals surface area contributed by atoms with Crippen molar-refractivity contribution in [3.8, 4) is 0 Å². The van der Waals surface area contributed by atoms with Crippen molar-refractivity contribution in [2.45, 2.75) is 4.90 Å². The Kier molecular flexibility index (Phi) is 2.35. The number of nitrogens with zero attached hydrogens (tertiary/aromatic N) is 1. The molecule has 0 unspecified atom stereocenters. The van der Waals surface area contributed by atoms with E-state index >= 15 is 0 Å². The molecule has 61 valence electrons. The molecule has 1 radical (unpaired) electrons. The molecule has 0 bridgehead atoms. The second-order valence-electron chi connectivity index (χ2n) is 2.07. The van der Waals surface area contributed by atoms with E-state index in [1.807, 2.05) is 0 Å². The van der Waals surface area contributed by atoms with Gasteiger partial charge in [0, 0.05) is 0 Å². The molecule has 0 aliphatic carbocycles. The second-order valence-corrected chi connectivity index (χ2v) is 2.51. The van der Waals surface area contributed by atoms with Gasteiger partial charge >= 0.3 is 0 Å². The van der Waals surface area contributed by atoms with E-state index in [0.29, 0.717) is 6.29 Å². The average Bonchev–Trinajstić information content (AvgIpc) is 2.03. The summed E-state index contributed by atoms with van der Waals surface area (Å²) < 4.78 is 0. The smallest absolute Gasteiger partial charge is 0.297 e. The summed E-state index contributed by atoms with van der Waals surface area (Å²) in [5.41, 5.74) is -0.269. The lowest BCUT2D eigenvalue weighted by molar-refractivity contribution is -0.387. The molecule has 0 saturated carbocycles. The molecule has 0 N–H and O–H groups in total. The predicted octanol–water partition coefficient (Wildman–Crippen LogP) is 1.96. The summed E-state index contributed by atoms with van der Waals surface area (Å²) in [6.07, 6.45) is 0.425. The van der Waals surface area contributed by atoms with Gasteiger partial charge in [0.2, 0.25) is 0 Å². The Bertz CT molecular complexity index is 337. The van der Waals surface area contributed by atoms with Crippen molar-refractivity contribution in [1.29, 1.82) is 0 Å². The highest BCUT2D eigenvalue weighted by Crippen LogP contribution is 2.24. The van der Waals surface area contributed by atoms with Crippen molar-refractivity contribution in [1.82, 2.24) is 0 Å². The quantitative estimate of drug-likeness (QED) is 0.399. The molecule has 0 atom stereocenters. The minimum Gasteiger partial charge on any atom is -0.298 e. The van der Waals surface area contributed by atoms with Gasteiger partial charge in [-0.05, 0) is 12.1 Å². The first kappa shape index (κ1) is 8.61. The van der Waals surface area contributed by atoms with E-state index in [0.717, 1.165) is 0 Å². The first-order chi connectivity index (χ1) is 5.66. The number of nitro groups is 1. The van der Waals surface area contributed by atoms with Crippen LogP contribution in [0, 0.1) is 10.1 Å². The van der Waals surface area contributed by atoms with Gasteiger partial charge in [-0.25, -0.2) is 0 Å². The van der Waals surface area contributed by atoms with E-state index in [1.54, 1.807) is 0 Å². The standard InChI is InChI=1S/C7H4NO3S/c9-4-5-2-1-3-6(12)7(5)8(10)11/h1-4H. The molecule has 0 amide bonds. The summed E-state index contributed by atoms with van der Waals surface area (Å²) >= 11 is 4.68. The number of hydrogen-bond acceptors (Lipinski definition) is 3. The highest BCUT2D eigenvalue weighted by Gasteiger charge is 2.16. The van der Waals surface area contributed by atoms with Gasteiger partial charge in [-0.15, -0.1) is 0 Å². The fourth-order valence-electron chi connectivity index (χ4n) is 0.830. The SMILES string of the molecule is O=Cc1cccc([S])c1[N+](=O)[O-]. The summed E-state index contributed by atoms with van der Waals surface area (Å²) in [7, 11) is 0. The van der Waals surface area contributed by atoms with Gasteiger partial charge in [0.05, 0.1) is 10.5 Å². The van der Waals surface area contributed by atoms with Gasteiger partial charge in [0.1, 0.15) is 4.90 Å². The van der Waals surface area contributed by atoms with Crippen molar-refractivity contribution >= 4 is 24.6 Å². The number of carbonyl (C=O) groups is 1. The molecule has 0 fully saturated rings. The number of carbonyl (C=O) groups excluding carboxylic acids is 1. The summed E-state index contributed by atoms with van der Waals surface area (Å²) in [6.45, 7) is 0. The van der Waals surface area contributed by atoms with Crippen LogP contribution in [0.15, 0.2) is 23.1 Å². The second kappa shape index (κ2) is 3.27. The van der Waals surface area contributed by atoms with E-state index < -0.39 is 4.92 Å². The Balaban J connectivity index is 3.39. The van der Waals surface area contributed by atoms with E-state index in [2.05, 4.69) is 12.6 Å². The molecule has 1 aromatic rings. The third-order valence-corrected chi connectivity index (χ3v) is 1.67. The fraction of sp³-hybridized carbons (Fsp3) is 0. The van der Waals surface area contributed by atoms with E-state index in [9.17, 15) is 14.9 Å². The lowest BCUT2D eigenvalue weighted by Crippen LogP contribution is -1.94. The zero-order chi connectivity index (χ0) is 9.14. The molecular weight excluding hydrogens is 178 g/mol. The van der Waals surface area contributed by atoms with Crippen LogP contribution < -0.4 is 0 Å². The summed E-state index contributed by atoms with van der Waals surface area (Å²) in [5.74, 6) is 0. The zero-order valence-corrected chi connectivity index (χ0v) is 6.71. The van der Waals surface area contributed by atoms with Crippen LogP contribution in [-0.2, 0) is 0 Å². The molecule has 12 heavy (non-hydrogen) atoms. The Morgan fingerprint density at radius 3 is 2.58 bits per heavy atom. The molecule has 0 heterocycles. The van der Waals surface area contributed by atoms with Crippen LogP contribution in [0.1, 0.15) is 10.4 Å². The maximum Gasteiger partial charge on any atom is 0.297 e. The Morgan fingerprint density at radius 1 is 1.50 bits per heavy atom. The Morgan fingerprint density at radius 2 is 2.17 bits per heavy atom. The van der Waals surface area contributed by atoms with E-state index in [1.165, 1.54) is 18.2 Å². The van der Waals surface area contributed by atoms with Crippen LogP contribution in [0.5, 0.6) is 0 Å². The summed E-state index contributed by atoms with van der Waals surface area (Å²) in [5, 5.41) is 10.4. The van der Waals surface area contributed by atoms with Crippen LogP contribution in [-0.4, -0.2) is 11.2 Å². The van der Waals surface area contributed by atoms with Crippen LogP contribution in [0.4, 0.5) is 5.69 Å². The molecule has 0 saturated heterocycles. The van der Waals surface area contributed by atoms with Crippen LogP contribution in [0.2, 0.25) is 0 Å². The molecule has 0 aromatic heterocycles. The highest BCUT2D eigenvalue weighted by molar-refractivity contribution is 7.80. The van der Waals surface area contributed by atoms with Gasteiger partial charge < -0.3 is 0 Å².